The predicted molar refractivity (Wildman–Crippen MR) is 85.2 cm³/mol. The maximum atomic E-state index is 11.8. The second-order valence-electron chi connectivity index (χ2n) is 5.64. The lowest BCUT2D eigenvalue weighted by Crippen LogP contribution is -2.30. The van der Waals surface area contributed by atoms with E-state index in [0.717, 1.165) is 13.0 Å². The molecule has 2 N–H and O–H groups in total. The van der Waals surface area contributed by atoms with Crippen LogP contribution in [0.25, 0.3) is 0 Å². The molecule has 5 heteroatoms. The van der Waals surface area contributed by atoms with E-state index in [1.807, 2.05) is 10.8 Å². The highest BCUT2D eigenvalue weighted by atomic mass is 16.5. The first-order valence-electron chi connectivity index (χ1n) is 7.73. The Hall–Kier alpha value is -1.33. The fourth-order valence-corrected chi connectivity index (χ4v) is 2.29. The normalized spacial score (nSPS) is 12.6. The van der Waals surface area contributed by atoms with Gasteiger partial charge in [-0.15, -0.1) is 0 Å². The fourth-order valence-electron chi connectivity index (χ4n) is 2.29. The van der Waals surface area contributed by atoms with Crippen LogP contribution in [0.2, 0.25) is 0 Å². The second kappa shape index (κ2) is 9.58. The van der Waals surface area contributed by atoms with E-state index in [1.54, 1.807) is 7.11 Å². The van der Waals surface area contributed by atoms with E-state index >= 15 is 0 Å². The average molecular weight is 295 g/mol. The lowest BCUT2D eigenvalue weighted by atomic mass is 9.98. The number of nitrogens with zero attached hydrogens (tertiary/aromatic N) is 1. The molecule has 0 fully saturated rings. The van der Waals surface area contributed by atoms with Gasteiger partial charge in [-0.3, -0.25) is 4.79 Å². The number of nitrogens with one attached hydrogen (secondary N) is 2. The summed E-state index contributed by atoms with van der Waals surface area (Å²) in [6.07, 6.45) is 5.14. The number of rotatable bonds is 10. The van der Waals surface area contributed by atoms with E-state index in [0.29, 0.717) is 31.7 Å². The van der Waals surface area contributed by atoms with Gasteiger partial charge in [0.25, 0.3) is 0 Å². The van der Waals surface area contributed by atoms with Gasteiger partial charge in [0, 0.05) is 32.1 Å². The second-order valence-corrected chi connectivity index (χ2v) is 5.64. The van der Waals surface area contributed by atoms with Crippen molar-refractivity contribution >= 4 is 5.91 Å². The molecule has 120 valence electrons. The van der Waals surface area contributed by atoms with Gasteiger partial charge < -0.3 is 19.9 Å². The van der Waals surface area contributed by atoms with Gasteiger partial charge in [0.15, 0.2) is 0 Å². The zero-order chi connectivity index (χ0) is 15.7. The summed E-state index contributed by atoms with van der Waals surface area (Å²) in [5.74, 6) is 0.528. The summed E-state index contributed by atoms with van der Waals surface area (Å²) in [5.41, 5.74) is 1.24. The minimum Gasteiger partial charge on any atom is -0.383 e. The van der Waals surface area contributed by atoms with Gasteiger partial charge >= 0.3 is 0 Å². The molecule has 1 heterocycles. The van der Waals surface area contributed by atoms with E-state index in [1.165, 1.54) is 5.56 Å². The highest BCUT2D eigenvalue weighted by Gasteiger charge is 2.16. The largest absolute Gasteiger partial charge is 0.383 e. The molecule has 1 unspecified atom stereocenters. The molecule has 1 aromatic heterocycles. The monoisotopic (exact) mass is 295 g/mol. The number of hydrogen-bond donors (Lipinski definition) is 2. The van der Waals surface area contributed by atoms with Crippen molar-refractivity contribution in [1.82, 2.24) is 15.2 Å². The van der Waals surface area contributed by atoms with E-state index in [9.17, 15) is 4.79 Å². The van der Waals surface area contributed by atoms with Crippen molar-refractivity contribution in [1.29, 1.82) is 0 Å². The molecular formula is C16H29N3O2. The molecule has 1 rings (SSSR count). The van der Waals surface area contributed by atoms with Crippen LogP contribution in [0.4, 0.5) is 0 Å². The number of amides is 1. The molecular weight excluding hydrogens is 266 g/mol. The molecule has 21 heavy (non-hydrogen) atoms. The van der Waals surface area contributed by atoms with Crippen LogP contribution in [-0.4, -0.2) is 37.3 Å². The van der Waals surface area contributed by atoms with Crippen molar-refractivity contribution in [3.8, 4) is 0 Å². The summed E-state index contributed by atoms with van der Waals surface area (Å²) in [6, 6.07) is 2.43. The number of hydrogen-bond acceptors (Lipinski definition) is 3. The topological polar surface area (TPSA) is 55.3 Å². The molecule has 0 aliphatic rings. The predicted octanol–water partition coefficient (Wildman–Crippen LogP) is 1.95. The molecule has 0 bridgehead atoms. The summed E-state index contributed by atoms with van der Waals surface area (Å²) in [6.45, 7) is 9.03. The van der Waals surface area contributed by atoms with Crippen LogP contribution in [0.15, 0.2) is 18.5 Å². The van der Waals surface area contributed by atoms with Crippen LogP contribution in [0, 0.1) is 5.92 Å². The van der Waals surface area contributed by atoms with Crippen molar-refractivity contribution in [2.24, 2.45) is 5.92 Å². The molecule has 0 aliphatic heterocycles. The minimum absolute atomic E-state index is 0.0109. The Morgan fingerprint density at radius 3 is 2.76 bits per heavy atom. The maximum Gasteiger partial charge on any atom is 0.239 e. The van der Waals surface area contributed by atoms with Crippen LogP contribution in [0.1, 0.15) is 38.8 Å². The smallest absolute Gasteiger partial charge is 0.239 e. The third-order valence-electron chi connectivity index (χ3n) is 3.37. The van der Waals surface area contributed by atoms with Crippen molar-refractivity contribution in [3.05, 3.63) is 24.0 Å². The zero-order valence-electron chi connectivity index (χ0n) is 13.7. The third-order valence-corrected chi connectivity index (χ3v) is 3.37. The van der Waals surface area contributed by atoms with E-state index in [2.05, 4.69) is 43.7 Å². The van der Waals surface area contributed by atoms with Crippen LogP contribution in [0.3, 0.4) is 0 Å². The molecule has 0 saturated carbocycles. The molecule has 5 nitrogen and oxygen atoms in total. The number of carbonyl (C=O) groups is 1. The molecule has 0 spiro atoms. The summed E-state index contributed by atoms with van der Waals surface area (Å²) in [7, 11) is 1.62. The van der Waals surface area contributed by atoms with Gasteiger partial charge in [-0.1, -0.05) is 20.8 Å². The van der Waals surface area contributed by atoms with Crippen LogP contribution < -0.4 is 10.6 Å². The Labute approximate surface area is 128 Å². The molecule has 0 saturated heterocycles. The van der Waals surface area contributed by atoms with Crippen molar-refractivity contribution in [2.45, 2.75) is 39.8 Å². The van der Waals surface area contributed by atoms with Crippen LogP contribution in [-0.2, 0) is 16.1 Å². The van der Waals surface area contributed by atoms with Crippen molar-refractivity contribution in [3.63, 3.8) is 0 Å². The molecule has 1 amide bonds. The fraction of sp³-hybridized carbons (Fsp3) is 0.688. The summed E-state index contributed by atoms with van der Waals surface area (Å²) in [5, 5.41) is 6.39. The summed E-state index contributed by atoms with van der Waals surface area (Å²) < 4.78 is 6.84. The lowest BCUT2D eigenvalue weighted by molar-refractivity contribution is -0.121. The van der Waals surface area contributed by atoms with E-state index in [-0.39, 0.29) is 5.91 Å². The molecule has 0 aliphatic carbocycles. The van der Waals surface area contributed by atoms with Gasteiger partial charge in [0.1, 0.15) is 6.54 Å². The lowest BCUT2D eigenvalue weighted by Gasteiger charge is -2.21. The first kappa shape index (κ1) is 17.7. The van der Waals surface area contributed by atoms with Gasteiger partial charge in [0.2, 0.25) is 5.91 Å². The zero-order valence-corrected chi connectivity index (χ0v) is 13.7. The highest BCUT2D eigenvalue weighted by Crippen LogP contribution is 2.21. The van der Waals surface area contributed by atoms with Gasteiger partial charge in [-0.05, 0) is 30.5 Å². The van der Waals surface area contributed by atoms with E-state index in [4.69, 9.17) is 4.74 Å². The first-order chi connectivity index (χ1) is 10.1. The quantitative estimate of drug-likeness (QED) is 0.649. The van der Waals surface area contributed by atoms with Crippen molar-refractivity contribution in [2.75, 3.05) is 26.8 Å². The molecule has 0 aromatic carbocycles. The first-order valence-corrected chi connectivity index (χ1v) is 7.73. The Balaban J connectivity index is 2.56. The maximum absolute atomic E-state index is 11.8. The molecule has 0 radical (unpaired) electrons. The summed E-state index contributed by atoms with van der Waals surface area (Å²) in [4.78, 5) is 11.8. The highest BCUT2D eigenvalue weighted by molar-refractivity contribution is 5.75. The molecule has 1 aromatic rings. The Bertz CT molecular complexity index is 415. The number of aromatic nitrogens is 1. The number of ether oxygens (including phenoxy) is 1. The standard InChI is InChI=1S/C16H29N3O2/c1-5-7-18-16(13(2)3)14-6-9-19(11-14)12-15(20)17-8-10-21-4/h6,9,11,13,16,18H,5,7-8,10,12H2,1-4H3,(H,17,20). The van der Waals surface area contributed by atoms with E-state index < -0.39 is 0 Å². The Kier molecular flexibility index (Phi) is 8.08. The number of methoxy groups -OCH3 is 1. The Morgan fingerprint density at radius 2 is 2.14 bits per heavy atom. The molecule has 1 atom stereocenters. The van der Waals surface area contributed by atoms with Gasteiger partial charge in [-0.2, -0.15) is 0 Å². The van der Waals surface area contributed by atoms with Crippen LogP contribution in [0.5, 0.6) is 0 Å². The van der Waals surface area contributed by atoms with Gasteiger partial charge in [0.05, 0.1) is 6.61 Å². The van der Waals surface area contributed by atoms with Crippen molar-refractivity contribution < 1.29 is 9.53 Å². The summed E-state index contributed by atoms with van der Waals surface area (Å²) >= 11 is 0. The number of carbonyl (C=O) groups excluding carboxylic acids is 1. The van der Waals surface area contributed by atoms with Gasteiger partial charge in [-0.25, -0.2) is 0 Å². The average Bonchev–Trinajstić information content (AvgIpc) is 2.87. The minimum atomic E-state index is 0.0109. The third kappa shape index (κ3) is 6.31. The Morgan fingerprint density at radius 1 is 1.38 bits per heavy atom. The SMILES string of the molecule is CCCNC(c1ccn(CC(=O)NCCOC)c1)C(C)C. The van der Waals surface area contributed by atoms with Crippen LogP contribution >= 0.6 is 0 Å².